The molecule has 15 heavy (non-hydrogen) atoms. The van der Waals surface area contributed by atoms with Gasteiger partial charge in [0.25, 0.3) is 0 Å². The van der Waals surface area contributed by atoms with Gasteiger partial charge in [0, 0.05) is 23.9 Å². The average Bonchev–Trinajstić information content (AvgIpc) is 2.66. The minimum Gasteiger partial charge on any atom is -0.375 e. The van der Waals surface area contributed by atoms with Gasteiger partial charge in [0.1, 0.15) is 6.54 Å². The van der Waals surface area contributed by atoms with E-state index in [9.17, 15) is 0 Å². The number of nitrogen functional groups attached to an aromatic ring is 1. The Bertz CT molecular complexity index is 411. The highest BCUT2D eigenvalue weighted by molar-refractivity contribution is 7.13. The summed E-state index contributed by atoms with van der Waals surface area (Å²) in [6, 6.07) is 6.11. The number of rotatable bonds is 4. The molecule has 4 heteroatoms. The molecule has 0 unspecified atom stereocenters. The Morgan fingerprint density at radius 1 is 1.27 bits per heavy atom. The lowest BCUT2D eigenvalue weighted by molar-refractivity contribution is -0.697. The van der Waals surface area contributed by atoms with Crippen LogP contribution in [0.1, 0.15) is 12.1 Å². The van der Waals surface area contributed by atoms with E-state index in [2.05, 4.69) is 21.9 Å². The number of anilines is 1. The van der Waals surface area contributed by atoms with Crippen molar-refractivity contribution in [1.82, 2.24) is 4.98 Å². The van der Waals surface area contributed by atoms with Crippen molar-refractivity contribution in [3.63, 3.8) is 0 Å². The number of nitrogens with two attached hydrogens (primary N) is 1. The van der Waals surface area contributed by atoms with Crippen LogP contribution in [0.2, 0.25) is 0 Å². The number of hydrogen-bond acceptors (Lipinski definition) is 3. The second-order valence-corrected chi connectivity index (χ2v) is 4.28. The smallest absolute Gasteiger partial charge is 0.180 e. The van der Waals surface area contributed by atoms with Crippen LogP contribution in [0.3, 0.4) is 0 Å². The zero-order valence-corrected chi connectivity index (χ0v) is 9.28. The maximum Gasteiger partial charge on any atom is 0.180 e. The highest BCUT2D eigenvalue weighted by Gasteiger charge is 2.01. The molecule has 0 amide bonds. The van der Waals surface area contributed by atoms with Crippen LogP contribution in [0, 0.1) is 0 Å². The predicted molar refractivity (Wildman–Crippen MR) is 61.5 cm³/mol. The lowest BCUT2D eigenvalue weighted by atomic mass is 10.2. The van der Waals surface area contributed by atoms with Gasteiger partial charge in [-0.1, -0.05) is 6.07 Å². The van der Waals surface area contributed by atoms with Crippen molar-refractivity contribution in [3.05, 3.63) is 41.7 Å². The molecule has 0 aliphatic carbocycles. The highest BCUT2D eigenvalue weighted by atomic mass is 32.1. The van der Waals surface area contributed by atoms with E-state index in [-0.39, 0.29) is 0 Å². The number of aromatic nitrogens is 2. The van der Waals surface area contributed by atoms with Crippen molar-refractivity contribution >= 4 is 16.5 Å². The van der Waals surface area contributed by atoms with E-state index < -0.39 is 0 Å². The molecule has 0 spiro atoms. The molecule has 2 rings (SSSR count). The van der Waals surface area contributed by atoms with Crippen LogP contribution in [-0.4, -0.2) is 4.98 Å². The fourth-order valence-electron chi connectivity index (χ4n) is 1.46. The molecule has 0 aliphatic heterocycles. The quantitative estimate of drug-likeness (QED) is 0.796. The van der Waals surface area contributed by atoms with E-state index in [1.807, 2.05) is 23.6 Å². The molecule has 2 aromatic heterocycles. The van der Waals surface area contributed by atoms with E-state index in [1.165, 1.54) is 11.3 Å². The monoisotopic (exact) mass is 220 g/mol. The fourth-order valence-corrected chi connectivity index (χ4v) is 2.06. The van der Waals surface area contributed by atoms with Crippen molar-refractivity contribution in [2.45, 2.75) is 19.4 Å². The Morgan fingerprint density at radius 3 is 2.73 bits per heavy atom. The Balaban J connectivity index is 1.80. The van der Waals surface area contributed by atoms with Gasteiger partial charge in [-0.25, -0.2) is 9.55 Å². The van der Waals surface area contributed by atoms with Gasteiger partial charge in [-0.3, -0.25) is 0 Å². The minimum absolute atomic E-state index is 0.664. The van der Waals surface area contributed by atoms with Gasteiger partial charge >= 0.3 is 0 Å². The number of nitrogens with zero attached hydrogens (tertiary/aromatic N) is 2. The van der Waals surface area contributed by atoms with E-state index in [0.717, 1.165) is 25.1 Å². The second kappa shape index (κ2) is 4.89. The molecule has 0 fully saturated rings. The second-order valence-electron chi connectivity index (χ2n) is 3.39. The largest absolute Gasteiger partial charge is 0.375 e. The Labute approximate surface area is 93.2 Å². The van der Waals surface area contributed by atoms with Crippen molar-refractivity contribution in [3.8, 4) is 0 Å². The molecule has 2 aromatic rings. The van der Waals surface area contributed by atoms with E-state index >= 15 is 0 Å². The van der Waals surface area contributed by atoms with Gasteiger partial charge in [-0.2, -0.15) is 0 Å². The Kier molecular flexibility index (Phi) is 3.29. The fraction of sp³-hybridized carbons (Fsp3) is 0.273. The van der Waals surface area contributed by atoms with Crippen LogP contribution < -0.4 is 10.3 Å². The highest BCUT2D eigenvalue weighted by Crippen LogP contribution is 2.12. The number of pyridine rings is 1. The summed E-state index contributed by atoms with van der Waals surface area (Å²) in [6.07, 6.45) is 6.25. The summed E-state index contributed by atoms with van der Waals surface area (Å²) in [7, 11) is 0. The number of aryl methyl sites for hydroxylation is 2. The van der Waals surface area contributed by atoms with Crippen LogP contribution in [0.25, 0.3) is 0 Å². The molecule has 0 bridgehead atoms. The molecular formula is C11H14N3S+. The SMILES string of the molecule is Nc1nc(CCC[n+]2ccccc2)cs1. The first-order valence-corrected chi connectivity index (χ1v) is 5.86. The number of hydrogen-bond donors (Lipinski definition) is 1. The van der Waals surface area contributed by atoms with Gasteiger partial charge in [0.05, 0.1) is 5.69 Å². The summed E-state index contributed by atoms with van der Waals surface area (Å²) in [6.45, 7) is 1.03. The zero-order valence-electron chi connectivity index (χ0n) is 8.47. The minimum atomic E-state index is 0.664. The Hall–Kier alpha value is -1.42. The van der Waals surface area contributed by atoms with Gasteiger partial charge in [-0.15, -0.1) is 11.3 Å². The lowest BCUT2D eigenvalue weighted by Crippen LogP contribution is -2.32. The van der Waals surface area contributed by atoms with Crippen molar-refractivity contribution < 1.29 is 4.57 Å². The lowest BCUT2D eigenvalue weighted by Gasteiger charge is -1.95. The van der Waals surface area contributed by atoms with Crippen molar-refractivity contribution in [2.24, 2.45) is 0 Å². The average molecular weight is 220 g/mol. The van der Waals surface area contributed by atoms with Gasteiger partial charge in [0.2, 0.25) is 0 Å². The maximum absolute atomic E-state index is 5.56. The Morgan fingerprint density at radius 2 is 2.07 bits per heavy atom. The van der Waals surface area contributed by atoms with Crippen LogP contribution in [0.4, 0.5) is 5.13 Å². The molecule has 78 valence electrons. The summed E-state index contributed by atoms with van der Waals surface area (Å²) in [5, 5.41) is 2.70. The van der Waals surface area contributed by atoms with Crippen molar-refractivity contribution in [1.29, 1.82) is 0 Å². The first-order valence-electron chi connectivity index (χ1n) is 4.98. The molecule has 0 saturated heterocycles. The van der Waals surface area contributed by atoms with Gasteiger partial charge in [0.15, 0.2) is 17.5 Å². The van der Waals surface area contributed by atoms with E-state index in [4.69, 9.17) is 5.73 Å². The van der Waals surface area contributed by atoms with Crippen LogP contribution >= 0.6 is 11.3 Å². The molecule has 3 nitrogen and oxygen atoms in total. The molecule has 0 saturated carbocycles. The molecular weight excluding hydrogens is 206 g/mol. The normalized spacial score (nSPS) is 10.4. The summed E-state index contributed by atoms with van der Waals surface area (Å²) in [5.74, 6) is 0. The van der Waals surface area contributed by atoms with E-state index in [0.29, 0.717) is 5.13 Å². The zero-order chi connectivity index (χ0) is 10.5. The molecule has 2 N–H and O–H groups in total. The number of thiazole rings is 1. The third-order valence-electron chi connectivity index (χ3n) is 2.20. The topological polar surface area (TPSA) is 42.8 Å². The third-order valence-corrected chi connectivity index (χ3v) is 2.92. The van der Waals surface area contributed by atoms with Crippen LogP contribution in [0.5, 0.6) is 0 Å². The first-order chi connectivity index (χ1) is 7.34. The molecule has 0 atom stereocenters. The van der Waals surface area contributed by atoms with Crippen LogP contribution in [-0.2, 0) is 13.0 Å². The van der Waals surface area contributed by atoms with Gasteiger partial charge < -0.3 is 5.73 Å². The molecule has 0 radical (unpaired) electrons. The maximum atomic E-state index is 5.56. The summed E-state index contributed by atoms with van der Waals surface area (Å²) in [4.78, 5) is 4.23. The first kappa shape index (κ1) is 10.1. The summed E-state index contributed by atoms with van der Waals surface area (Å²) in [5.41, 5.74) is 6.67. The molecule has 2 heterocycles. The van der Waals surface area contributed by atoms with Crippen LogP contribution in [0.15, 0.2) is 36.0 Å². The molecule has 0 aromatic carbocycles. The predicted octanol–water partition coefficient (Wildman–Crippen LogP) is 1.65. The third kappa shape index (κ3) is 3.02. The molecule has 0 aliphatic rings. The summed E-state index contributed by atoms with van der Waals surface area (Å²) >= 11 is 1.51. The van der Waals surface area contributed by atoms with E-state index in [1.54, 1.807) is 0 Å². The summed E-state index contributed by atoms with van der Waals surface area (Å²) < 4.78 is 2.18. The van der Waals surface area contributed by atoms with Crippen molar-refractivity contribution in [2.75, 3.05) is 5.73 Å². The van der Waals surface area contributed by atoms with Gasteiger partial charge in [-0.05, 0) is 6.42 Å². The standard InChI is InChI=1S/C11H14N3S/c12-11-13-10(9-15-11)5-4-8-14-6-2-1-3-7-14/h1-3,6-7,9H,4-5,8H2,(H2,12,13)/q+1.